The summed E-state index contributed by atoms with van der Waals surface area (Å²) in [6, 6.07) is 16.5. The third-order valence-corrected chi connectivity index (χ3v) is 3.43. The molecule has 1 amide bonds. The lowest BCUT2D eigenvalue weighted by Gasteiger charge is -2.08. The minimum absolute atomic E-state index is 0.309. The first kappa shape index (κ1) is 14.7. The average molecular weight is 305 g/mol. The fourth-order valence-corrected chi connectivity index (χ4v) is 2.21. The first-order valence-corrected chi connectivity index (χ1v) is 7.16. The quantitative estimate of drug-likeness (QED) is 0.756. The molecular weight excluding hydrogens is 290 g/mol. The van der Waals surface area contributed by atoms with Crippen LogP contribution in [0.15, 0.2) is 71.3 Å². The van der Waals surface area contributed by atoms with Gasteiger partial charge in [0.1, 0.15) is 6.33 Å². The van der Waals surface area contributed by atoms with Gasteiger partial charge in [-0.3, -0.25) is 15.0 Å². The Morgan fingerprint density at radius 1 is 1.09 bits per heavy atom. The van der Waals surface area contributed by atoms with Crippen LogP contribution in [0.2, 0.25) is 0 Å². The van der Waals surface area contributed by atoms with Crippen LogP contribution in [0.4, 0.5) is 0 Å². The lowest BCUT2D eigenvalue weighted by atomic mass is 10.1. The molecule has 1 aromatic heterocycles. The Morgan fingerprint density at radius 2 is 1.78 bits per heavy atom. The second kappa shape index (κ2) is 6.27. The van der Waals surface area contributed by atoms with Gasteiger partial charge in [-0.05, 0) is 30.7 Å². The summed E-state index contributed by atoms with van der Waals surface area (Å²) < 4.78 is 1.10. The van der Waals surface area contributed by atoms with Crippen LogP contribution < -0.4 is 11.0 Å². The van der Waals surface area contributed by atoms with Crippen molar-refractivity contribution in [3.8, 4) is 0 Å². The van der Waals surface area contributed by atoms with Gasteiger partial charge in [-0.15, -0.1) is 0 Å². The lowest BCUT2D eigenvalue weighted by Crippen LogP contribution is -2.33. The molecule has 1 N–H and O–H groups in total. The number of rotatable bonds is 3. The predicted octanol–water partition coefficient (Wildman–Crippen LogP) is 2.57. The normalized spacial score (nSPS) is 11.4. The topological polar surface area (TPSA) is 64.0 Å². The van der Waals surface area contributed by atoms with Gasteiger partial charge in [0.15, 0.2) is 0 Å². The number of nitrogens with zero attached hydrogens (tertiary/aromatic N) is 2. The van der Waals surface area contributed by atoms with E-state index in [0.29, 0.717) is 16.5 Å². The van der Waals surface area contributed by atoms with Crippen LogP contribution in [0, 0.1) is 0 Å². The molecule has 0 unspecified atom stereocenters. The van der Waals surface area contributed by atoms with Gasteiger partial charge in [-0.25, -0.2) is 9.66 Å². The average Bonchev–Trinajstić information content (AvgIpc) is 2.58. The Balaban J connectivity index is 1.87. The molecule has 0 spiro atoms. The number of carbonyl (C=O) groups is 1. The van der Waals surface area contributed by atoms with Crippen molar-refractivity contribution in [1.29, 1.82) is 0 Å². The molecule has 0 fully saturated rings. The van der Waals surface area contributed by atoms with Gasteiger partial charge in [0.2, 0.25) is 0 Å². The Morgan fingerprint density at radius 3 is 2.57 bits per heavy atom. The Hall–Kier alpha value is -3.21. The molecule has 0 aliphatic rings. The van der Waals surface area contributed by atoms with Crippen molar-refractivity contribution < 1.29 is 4.79 Å². The highest BCUT2D eigenvalue weighted by molar-refractivity contribution is 6.02. The predicted molar refractivity (Wildman–Crippen MR) is 90.5 cm³/mol. The van der Waals surface area contributed by atoms with Crippen molar-refractivity contribution in [3.05, 3.63) is 82.4 Å². The molecule has 0 aliphatic carbocycles. The van der Waals surface area contributed by atoms with Crippen LogP contribution in [-0.2, 0) is 4.79 Å². The zero-order valence-electron chi connectivity index (χ0n) is 12.6. The molecule has 3 rings (SSSR count). The summed E-state index contributed by atoms with van der Waals surface area (Å²) >= 11 is 0. The molecule has 5 nitrogen and oxygen atoms in total. The van der Waals surface area contributed by atoms with Crippen LogP contribution >= 0.6 is 0 Å². The highest BCUT2D eigenvalue weighted by atomic mass is 16.2. The standard InChI is InChI=1S/C18H15N3O2/c1-13(11-14-7-3-2-4-8-14)17(22)20-21-12-19-16-10-6-5-9-15(16)18(21)23/h2-12H,1H3,(H,20,22). The fraction of sp³-hybridized carbons (Fsp3) is 0.0556. The maximum atomic E-state index is 12.3. The van der Waals surface area contributed by atoms with Gasteiger partial charge in [-0.2, -0.15) is 0 Å². The molecule has 114 valence electrons. The second-order valence-corrected chi connectivity index (χ2v) is 5.12. The van der Waals surface area contributed by atoms with E-state index in [9.17, 15) is 9.59 Å². The Bertz CT molecular complexity index is 943. The third kappa shape index (κ3) is 3.18. The molecule has 1 heterocycles. The van der Waals surface area contributed by atoms with Crippen molar-refractivity contribution in [2.75, 3.05) is 5.43 Å². The number of hydrogen-bond donors (Lipinski definition) is 1. The summed E-state index contributed by atoms with van der Waals surface area (Å²) in [6.45, 7) is 1.70. The summed E-state index contributed by atoms with van der Waals surface area (Å²) in [4.78, 5) is 28.7. The summed E-state index contributed by atoms with van der Waals surface area (Å²) in [5.41, 5.74) is 4.26. The number of amides is 1. The van der Waals surface area contributed by atoms with Crippen LogP contribution in [0.1, 0.15) is 12.5 Å². The van der Waals surface area contributed by atoms with Crippen molar-refractivity contribution in [3.63, 3.8) is 0 Å². The van der Waals surface area contributed by atoms with E-state index in [2.05, 4.69) is 10.4 Å². The van der Waals surface area contributed by atoms with E-state index in [0.717, 1.165) is 10.2 Å². The number of hydrogen-bond acceptors (Lipinski definition) is 3. The third-order valence-electron chi connectivity index (χ3n) is 3.43. The van der Waals surface area contributed by atoms with E-state index >= 15 is 0 Å². The maximum Gasteiger partial charge on any atom is 0.280 e. The van der Waals surface area contributed by atoms with Crippen molar-refractivity contribution >= 4 is 22.9 Å². The molecule has 0 saturated carbocycles. The maximum absolute atomic E-state index is 12.3. The number of aromatic nitrogens is 2. The van der Waals surface area contributed by atoms with E-state index in [1.807, 2.05) is 36.4 Å². The largest absolute Gasteiger partial charge is 0.280 e. The SMILES string of the molecule is CC(=Cc1ccccc1)C(=O)Nn1cnc2ccccc2c1=O. The number of fused-ring (bicyclic) bond motifs is 1. The molecule has 5 heteroatoms. The Kier molecular flexibility index (Phi) is 4.01. The van der Waals surface area contributed by atoms with E-state index in [1.54, 1.807) is 31.2 Å². The van der Waals surface area contributed by atoms with Crippen LogP contribution in [0.25, 0.3) is 17.0 Å². The second-order valence-electron chi connectivity index (χ2n) is 5.12. The summed E-state index contributed by atoms with van der Waals surface area (Å²) in [5, 5.41) is 0.458. The van der Waals surface area contributed by atoms with Crippen molar-refractivity contribution in [1.82, 2.24) is 9.66 Å². The van der Waals surface area contributed by atoms with Gasteiger partial charge < -0.3 is 0 Å². The number of para-hydroxylation sites is 1. The monoisotopic (exact) mass is 305 g/mol. The molecule has 0 radical (unpaired) electrons. The molecule has 2 aromatic carbocycles. The van der Waals surface area contributed by atoms with Crippen LogP contribution in [0.5, 0.6) is 0 Å². The first-order valence-electron chi connectivity index (χ1n) is 7.16. The zero-order valence-corrected chi connectivity index (χ0v) is 12.6. The van der Waals surface area contributed by atoms with Gasteiger partial charge in [0.25, 0.3) is 11.5 Å². The summed E-state index contributed by atoms with van der Waals surface area (Å²) in [6.07, 6.45) is 3.08. The number of nitrogens with one attached hydrogen (secondary N) is 1. The smallest absolute Gasteiger partial charge is 0.268 e. The highest BCUT2D eigenvalue weighted by Gasteiger charge is 2.08. The van der Waals surface area contributed by atoms with Crippen molar-refractivity contribution in [2.24, 2.45) is 0 Å². The van der Waals surface area contributed by atoms with E-state index in [4.69, 9.17) is 0 Å². The van der Waals surface area contributed by atoms with Crippen molar-refractivity contribution in [2.45, 2.75) is 6.92 Å². The molecule has 0 bridgehead atoms. The Labute approximate surface area is 132 Å². The lowest BCUT2D eigenvalue weighted by molar-refractivity contribution is -0.113. The van der Waals surface area contributed by atoms with Gasteiger partial charge >= 0.3 is 0 Å². The van der Waals surface area contributed by atoms with Crippen LogP contribution in [-0.4, -0.2) is 15.6 Å². The molecule has 0 saturated heterocycles. The molecule has 23 heavy (non-hydrogen) atoms. The van der Waals surface area contributed by atoms with Gasteiger partial charge in [0.05, 0.1) is 10.9 Å². The molecule has 3 aromatic rings. The molecule has 0 aliphatic heterocycles. The molecule has 0 atom stereocenters. The first-order chi connectivity index (χ1) is 11.1. The van der Waals surface area contributed by atoms with Gasteiger partial charge in [0, 0.05) is 5.57 Å². The zero-order chi connectivity index (χ0) is 16.2. The summed E-state index contributed by atoms with van der Waals surface area (Å²) in [5.74, 6) is -0.354. The van der Waals surface area contributed by atoms with E-state index in [-0.39, 0.29) is 11.5 Å². The van der Waals surface area contributed by atoms with Gasteiger partial charge in [-0.1, -0.05) is 42.5 Å². The minimum atomic E-state index is -0.354. The van der Waals surface area contributed by atoms with E-state index in [1.165, 1.54) is 6.33 Å². The van der Waals surface area contributed by atoms with Crippen LogP contribution in [0.3, 0.4) is 0 Å². The highest BCUT2D eigenvalue weighted by Crippen LogP contribution is 2.07. The molecular formula is C18H15N3O2. The summed E-state index contributed by atoms with van der Waals surface area (Å²) in [7, 11) is 0. The van der Waals surface area contributed by atoms with E-state index < -0.39 is 0 Å². The number of carbonyl (C=O) groups excluding carboxylic acids is 1. The number of benzene rings is 2. The minimum Gasteiger partial charge on any atom is -0.268 e. The fourth-order valence-electron chi connectivity index (χ4n) is 2.21.